The van der Waals surface area contributed by atoms with Crippen LogP contribution in [0.15, 0.2) is 47.4 Å². The van der Waals surface area contributed by atoms with Crippen LogP contribution in [0, 0.1) is 13.8 Å². The number of carbonyl (C=O) groups excluding carboxylic acids is 1. The molecule has 2 N–H and O–H groups in total. The molecule has 0 bridgehead atoms. The van der Waals surface area contributed by atoms with Gasteiger partial charge in [-0.3, -0.25) is 4.79 Å². The van der Waals surface area contributed by atoms with E-state index in [0.717, 1.165) is 30.0 Å². The van der Waals surface area contributed by atoms with Crippen molar-refractivity contribution < 1.29 is 13.2 Å². The van der Waals surface area contributed by atoms with Crippen LogP contribution in [0.3, 0.4) is 0 Å². The number of amides is 1. The van der Waals surface area contributed by atoms with Crippen LogP contribution in [0.25, 0.3) is 10.8 Å². The largest absolute Gasteiger partial charge is 0.353 e. The molecular formula is C22H25N3O3S. The molecule has 0 atom stereocenters. The Morgan fingerprint density at radius 1 is 1.00 bits per heavy atom. The van der Waals surface area contributed by atoms with Crippen LogP contribution in [0.5, 0.6) is 0 Å². The minimum absolute atomic E-state index is 0.225. The molecule has 0 radical (unpaired) electrons. The summed E-state index contributed by atoms with van der Waals surface area (Å²) in [6, 6.07) is 13.5. The molecule has 1 aliphatic rings. The highest BCUT2D eigenvalue weighted by Crippen LogP contribution is 2.29. The molecular weight excluding hydrogens is 386 g/mol. The van der Waals surface area contributed by atoms with Crippen molar-refractivity contribution in [3.63, 3.8) is 0 Å². The van der Waals surface area contributed by atoms with Crippen molar-refractivity contribution in [3.05, 3.63) is 59.4 Å². The summed E-state index contributed by atoms with van der Waals surface area (Å²) in [6.07, 6.45) is 2.79. The molecule has 1 aliphatic heterocycles. The topological polar surface area (TPSA) is 82.3 Å². The van der Waals surface area contributed by atoms with Crippen molar-refractivity contribution in [2.24, 2.45) is 0 Å². The van der Waals surface area contributed by atoms with Gasteiger partial charge in [-0.1, -0.05) is 42.8 Å². The second-order valence-electron chi connectivity index (χ2n) is 7.52. The Morgan fingerprint density at radius 3 is 2.45 bits per heavy atom. The summed E-state index contributed by atoms with van der Waals surface area (Å²) in [5.74, 6) is -0.345. The van der Waals surface area contributed by atoms with Crippen molar-refractivity contribution >= 4 is 32.4 Å². The lowest BCUT2D eigenvalue weighted by Crippen LogP contribution is -2.36. The third-order valence-corrected chi connectivity index (χ3v) is 7.72. The van der Waals surface area contributed by atoms with E-state index in [9.17, 15) is 13.2 Å². The SMILES string of the molecule is Cc1[nH]c(C(=O)Nc2cccc3ccccc23)c(C)c1S(=O)(=O)N1CCCCC1. The van der Waals surface area contributed by atoms with Crippen LogP contribution in [0.1, 0.15) is 41.0 Å². The third kappa shape index (κ3) is 3.56. The monoisotopic (exact) mass is 411 g/mol. The Morgan fingerprint density at radius 2 is 1.69 bits per heavy atom. The molecule has 0 aliphatic carbocycles. The normalized spacial score (nSPS) is 15.5. The maximum atomic E-state index is 13.2. The first kappa shape index (κ1) is 19.7. The second-order valence-corrected chi connectivity index (χ2v) is 9.40. The zero-order valence-electron chi connectivity index (χ0n) is 16.7. The van der Waals surface area contributed by atoms with Crippen molar-refractivity contribution in [1.29, 1.82) is 0 Å². The number of nitrogens with one attached hydrogen (secondary N) is 2. The summed E-state index contributed by atoms with van der Waals surface area (Å²) in [5.41, 5.74) is 1.94. The Bertz CT molecular complexity index is 1170. The number of nitrogens with zero attached hydrogens (tertiary/aromatic N) is 1. The number of carbonyl (C=O) groups is 1. The summed E-state index contributed by atoms with van der Waals surface area (Å²) in [7, 11) is -3.62. The first-order valence-electron chi connectivity index (χ1n) is 9.88. The number of H-pyrrole nitrogens is 1. The molecule has 0 saturated carbocycles. The number of aromatic amines is 1. The van der Waals surface area contributed by atoms with Gasteiger partial charge in [0, 0.05) is 29.9 Å². The van der Waals surface area contributed by atoms with E-state index in [1.54, 1.807) is 13.8 Å². The molecule has 4 rings (SSSR count). The van der Waals surface area contributed by atoms with Gasteiger partial charge in [0.15, 0.2) is 0 Å². The van der Waals surface area contributed by atoms with Gasteiger partial charge in [0.2, 0.25) is 10.0 Å². The zero-order chi connectivity index (χ0) is 20.6. The number of benzene rings is 2. The van der Waals surface area contributed by atoms with Crippen LogP contribution < -0.4 is 5.32 Å². The van der Waals surface area contributed by atoms with Gasteiger partial charge in [0.1, 0.15) is 10.6 Å². The minimum Gasteiger partial charge on any atom is -0.353 e. The summed E-state index contributed by atoms with van der Waals surface area (Å²) in [6.45, 7) is 4.46. The fraction of sp³-hybridized carbons (Fsp3) is 0.318. The van der Waals surface area contributed by atoms with Crippen molar-refractivity contribution in [2.45, 2.75) is 38.0 Å². The number of aryl methyl sites for hydroxylation is 1. The number of aromatic nitrogens is 1. The van der Waals surface area contributed by atoms with E-state index in [0.29, 0.717) is 30.0 Å². The predicted molar refractivity (Wildman–Crippen MR) is 115 cm³/mol. The summed E-state index contributed by atoms with van der Waals surface area (Å²) in [4.78, 5) is 16.2. The predicted octanol–water partition coefficient (Wildman–Crippen LogP) is 4.21. The Labute approximate surface area is 171 Å². The Kier molecular flexibility index (Phi) is 5.19. The maximum absolute atomic E-state index is 13.2. The zero-order valence-corrected chi connectivity index (χ0v) is 17.5. The molecule has 2 heterocycles. The van der Waals surface area contributed by atoms with E-state index in [4.69, 9.17) is 0 Å². The minimum atomic E-state index is -3.62. The van der Waals surface area contributed by atoms with Gasteiger partial charge < -0.3 is 10.3 Å². The van der Waals surface area contributed by atoms with Crippen LogP contribution in [0.2, 0.25) is 0 Å². The third-order valence-electron chi connectivity index (χ3n) is 5.55. The summed E-state index contributed by atoms with van der Waals surface area (Å²) < 4.78 is 27.9. The van der Waals surface area contributed by atoms with E-state index in [1.807, 2.05) is 42.5 Å². The van der Waals surface area contributed by atoms with Gasteiger partial charge in [-0.25, -0.2) is 8.42 Å². The smallest absolute Gasteiger partial charge is 0.272 e. The number of sulfonamides is 1. The number of anilines is 1. The highest BCUT2D eigenvalue weighted by atomic mass is 32.2. The van der Waals surface area contributed by atoms with E-state index in [-0.39, 0.29) is 16.5 Å². The molecule has 0 unspecified atom stereocenters. The van der Waals surface area contributed by atoms with Gasteiger partial charge in [-0.05, 0) is 43.7 Å². The van der Waals surface area contributed by atoms with Crippen molar-refractivity contribution in [1.82, 2.24) is 9.29 Å². The molecule has 3 aromatic rings. The number of piperidine rings is 1. The van der Waals surface area contributed by atoms with Gasteiger partial charge in [-0.2, -0.15) is 4.31 Å². The maximum Gasteiger partial charge on any atom is 0.272 e. The Hall–Kier alpha value is -2.64. The first-order valence-corrected chi connectivity index (χ1v) is 11.3. The molecule has 7 heteroatoms. The highest BCUT2D eigenvalue weighted by Gasteiger charge is 2.32. The lowest BCUT2D eigenvalue weighted by molar-refractivity contribution is 0.102. The molecule has 0 spiro atoms. The summed E-state index contributed by atoms with van der Waals surface area (Å²) >= 11 is 0. The van der Waals surface area contributed by atoms with Crippen LogP contribution in [-0.2, 0) is 10.0 Å². The molecule has 1 amide bonds. The molecule has 6 nitrogen and oxygen atoms in total. The lowest BCUT2D eigenvalue weighted by atomic mass is 10.1. The number of hydrogen-bond acceptors (Lipinski definition) is 3. The molecule has 152 valence electrons. The second kappa shape index (κ2) is 7.65. The van der Waals surface area contributed by atoms with Gasteiger partial charge in [-0.15, -0.1) is 0 Å². The fourth-order valence-corrected chi connectivity index (χ4v) is 6.02. The van der Waals surface area contributed by atoms with E-state index in [2.05, 4.69) is 10.3 Å². The first-order chi connectivity index (χ1) is 13.9. The lowest BCUT2D eigenvalue weighted by Gasteiger charge is -2.26. The average molecular weight is 412 g/mol. The van der Waals surface area contributed by atoms with Crippen molar-refractivity contribution in [2.75, 3.05) is 18.4 Å². The van der Waals surface area contributed by atoms with E-state index >= 15 is 0 Å². The molecule has 1 fully saturated rings. The average Bonchev–Trinajstić information content (AvgIpc) is 3.03. The van der Waals surface area contributed by atoms with Gasteiger partial charge in [0.05, 0.1) is 0 Å². The molecule has 29 heavy (non-hydrogen) atoms. The highest BCUT2D eigenvalue weighted by molar-refractivity contribution is 7.89. The van der Waals surface area contributed by atoms with Crippen molar-refractivity contribution in [3.8, 4) is 0 Å². The summed E-state index contributed by atoms with van der Waals surface area (Å²) in [5, 5.41) is 4.90. The van der Waals surface area contributed by atoms with Crippen LogP contribution in [0.4, 0.5) is 5.69 Å². The Balaban J connectivity index is 1.67. The van der Waals surface area contributed by atoms with E-state index in [1.165, 1.54) is 4.31 Å². The van der Waals surface area contributed by atoms with Gasteiger partial charge in [0.25, 0.3) is 5.91 Å². The van der Waals surface area contributed by atoms with Crippen LogP contribution >= 0.6 is 0 Å². The number of hydrogen-bond donors (Lipinski definition) is 2. The fourth-order valence-electron chi connectivity index (χ4n) is 4.10. The molecule has 1 saturated heterocycles. The van der Waals surface area contributed by atoms with Crippen LogP contribution in [-0.4, -0.2) is 36.7 Å². The number of rotatable bonds is 4. The van der Waals surface area contributed by atoms with Gasteiger partial charge >= 0.3 is 0 Å². The quantitative estimate of drug-likeness (QED) is 0.675. The standard InChI is InChI=1S/C22H25N3O3S/c1-15-20(22(26)24-19-12-8-10-17-9-4-5-11-18(17)19)23-16(2)21(15)29(27,28)25-13-6-3-7-14-25/h4-5,8-12,23H,3,6-7,13-14H2,1-2H3,(H,24,26). The molecule has 2 aromatic carbocycles. The van der Waals surface area contributed by atoms with E-state index < -0.39 is 10.0 Å². The molecule has 1 aromatic heterocycles. The number of fused-ring (bicyclic) bond motifs is 1.